The number of rotatable bonds is 0. The zero-order valence-electron chi connectivity index (χ0n) is 1.60. The van der Waals surface area contributed by atoms with Crippen molar-refractivity contribution in [2.45, 2.75) is 0 Å². The van der Waals surface area contributed by atoms with E-state index in [0.29, 0.717) is 0 Å². The Kier molecular flexibility index (Phi) is 8.22. The van der Waals surface area contributed by atoms with Crippen LogP contribution in [0, 0.1) is 0 Å². The van der Waals surface area contributed by atoms with Gasteiger partial charge in [-0.25, -0.2) is 0 Å². The monoisotopic (exact) mass is 111 g/mol. The van der Waals surface area contributed by atoms with Gasteiger partial charge in [-0.3, -0.25) is 0 Å². The second-order valence-electron chi connectivity index (χ2n) is 0.189. The van der Waals surface area contributed by atoms with Crippen molar-refractivity contribution in [2.75, 3.05) is 0 Å². The molecule has 3 nitrogen and oxygen atoms in total. The third-order valence-corrected chi connectivity index (χ3v) is 0. The fourth-order valence-corrected chi connectivity index (χ4v) is 0. The Bertz CT molecular complexity index is 76.3. The van der Waals surface area contributed by atoms with Crippen LogP contribution in [-0.2, 0) is 25.2 Å². The number of hydrogen-bond acceptors (Lipinski definition) is 3. The van der Waals surface area contributed by atoms with Crippen LogP contribution in [0.5, 0.6) is 0 Å². The molecular weight excluding hydrogens is 110 g/mol. The summed E-state index contributed by atoms with van der Waals surface area (Å²) in [5, 5.41) is 0. The maximum absolute atomic E-state index is 8.52. The van der Waals surface area contributed by atoms with Crippen molar-refractivity contribution in [1.82, 2.24) is 0 Å². The van der Waals surface area contributed by atoms with Crippen LogP contribution in [-0.4, -0.2) is 18.9 Å². The summed E-state index contributed by atoms with van der Waals surface area (Å²) in [4.78, 5) is 0. The second-order valence-corrected chi connectivity index (χ2v) is 0.779. The Morgan fingerprint density at radius 2 is 1.00 bits per heavy atom. The van der Waals surface area contributed by atoms with Crippen LogP contribution < -0.4 is 0 Å². The Balaban J connectivity index is 0. The molecule has 0 fully saturated rings. The molecule has 0 aromatic rings. The van der Waals surface area contributed by atoms with Crippen molar-refractivity contribution >= 4 is 18.9 Å². The van der Waals surface area contributed by atoms with Gasteiger partial charge < -0.3 is 0 Å². The molecule has 0 saturated carbocycles. The summed E-state index contributed by atoms with van der Waals surface area (Å²) in [7, 11) is 0. The fraction of sp³-hybridized carbons (Fsp3) is 0. The molecule has 0 radical (unpaired) electrons. The molecule has 0 aliphatic heterocycles. The third-order valence-electron chi connectivity index (χ3n) is 0. The molecule has 0 heterocycles. The first-order chi connectivity index (χ1) is 1.73. The standard InChI is InChI=1S/Li.Mn.3O.H. The molecule has 0 bridgehead atoms. The van der Waals surface area contributed by atoms with E-state index in [-0.39, 0.29) is 18.9 Å². The van der Waals surface area contributed by atoms with Gasteiger partial charge in [0.25, 0.3) is 0 Å². The first-order valence-electron chi connectivity index (χ1n) is 0.463. The first kappa shape index (κ1) is 9.10. The van der Waals surface area contributed by atoms with E-state index in [9.17, 15) is 0 Å². The average Bonchev–Trinajstić information content (AvgIpc) is 0.811. The van der Waals surface area contributed by atoms with E-state index in [2.05, 4.69) is 0 Å². The molecule has 5 heavy (non-hydrogen) atoms. The van der Waals surface area contributed by atoms with E-state index in [1.165, 1.54) is 0 Å². The van der Waals surface area contributed by atoms with Gasteiger partial charge in [-0.05, 0) is 0 Å². The van der Waals surface area contributed by atoms with Crippen molar-refractivity contribution < 1.29 is 25.2 Å². The quantitative estimate of drug-likeness (QED) is 0.376. The van der Waals surface area contributed by atoms with Crippen LogP contribution in [0.1, 0.15) is 0 Å². The van der Waals surface area contributed by atoms with Crippen molar-refractivity contribution in [1.29, 1.82) is 0 Å². The van der Waals surface area contributed by atoms with Gasteiger partial charge in [0.15, 0.2) is 0 Å². The van der Waals surface area contributed by atoms with Crippen LogP contribution in [0.4, 0.5) is 0 Å². The van der Waals surface area contributed by atoms with Gasteiger partial charge in [0.2, 0.25) is 0 Å². The Labute approximate surface area is 44.4 Å². The summed E-state index contributed by atoms with van der Waals surface area (Å²) in [6.45, 7) is 0. The van der Waals surface area contributed by atoms with Crippen LogP contribution in [0.15, 0.2) is 0 Å². The molecule has 0 unspecified atom stereocenters. The predicted molar refractivity (Wildman–Crippen MR) is 9.21 cm³/mol. The summed E-state index contributed by atoms with van der Waals surface area (Å²) >= 11 is -3.65. The maximum atomic E-state index is 8.52. The molecule has 0 atom stereocenters. The SMILES string of the molecule is [LiH].[O]=[Mn](=[O])=[O]. The molecule has 0 N–H and O–H groups in total. The van der Waals surface area contributed by atoms with E-state index in [0.717, 1.165) is 0 Å². The molecule has 27 valence electrons. The zero-order chi connectivity index (χ0) is 3.58. The summed E-state index contributed by atoms with van der Waals surface area (Å²) < 4.78 is 25.6. The van der Waals surface area contributed by atoms with Gasteiger partial charge >= 0.3 is 44.1 Å². The summed E-state index contributed by atoms with van der Waals surface area (Å²) in [5.74, 6) is 0. The van der Waals surface area contributed by atoms with Gasteiger partial charge in [-0.2, -0.15) is 0 Å². The first-order valence-corrected chi connectivity index (χ1v) is 1.91. The number of hydrogen-bond donors (Lipinski definition) is 0. The van der Waals surface area contributed by atoms with Crippen LogP contribution in [0.2, 0.25) is 0 Å². The van der Waals surface area contributed by atoms with Crippen molar-refractivity contribution in [3.05, 3.63) is 0 Å². The van der Waals surface area contributed by atoms with Gasteiger partial charge in [0, 0.05) is 0 Å². The normalized spacial score (nSPS) is 4.80. The second kappa shape index (κ2) is 4.52. The molecule has 0 aliphatic carbocycles. The molecule has 5 heteroatoms. The summed E-state index contributed by atoms with van der Waals surface area (Å²) in [6, 6.07) is 0. The van der Waals surface area contributed by atoms with Gasteiger partial charge in [0.05, 0.1) is 0 Å². The molecular formula is HLiMnO3. The molecule has 0 aliphatic rings. The van der Waals surface area contributed by atoms with E-state index in [4.69, 9.17) is 11.5 Å². The van der Waals surface area contributed by atoms with Gasteiger partial charge in [-0.1, -0.05) is 0 Å². The Hall–Kier alpha value is 0.517. The molecule has 0 rings (SSSR count). The topological polar surface area (TPSA) is 51.2 Å². The molecule has 0 amide bonds. The van der Waals surface area contributed by atoms with E-state index < -0.39 is 13.7 Å². The van der Waals surface area contributed by atoms with E-state index in [1.54, 1.807) is 0 Å². The van der Waals surface area contributed by atoms with Gasteiger partial charge in [0.1, 0.15) is 0 Å². The van der Waals surface area contributed by atoms with Crippen molar-refractivity contribution in [2.24, 2.45) is 0 Å². The average molecular weight is 111 g/mol. The van der Waals surface area contributed by atoms with E-state index >= 15 is 0 Å². The zero-order valence-corrected chi connectivity index (χ0v) is 2.78. The van der Waals surface area contributed by atoms with Crippen LogP contribution >= 0.6 is 0 Å². The molecule has 0 spiro atoms. The van der Waals surface area contributed by atoms with Crippen molar-refractivity contribution in [3.63, 3.8) is 0 Å². The molecule has 0 saturated heterocycles. The van der Waals surface area contributed by atoms with Crippen molar-refractivity contribution in [3.8, 4) is 0 Å². The van der Waals surface area contributed by atoms with Crippen LogP contribution in [0.25, 0.3) is 0 Å². The predicted octanol–water partition coefficient (Wildman–Crippen LogP) is -1.01. The Morgan fingerprint density at radius 3 is 1.00 bits per heavy atom. The molecule has 0 aromatic heterocycles. The minimum absolute atomic E-state index is 0. The van der Waals surface area contributed by atoms with E-state index in [1.807, 2.05) is 0 Å². The third kappa shape index (κ3) is 107. The minimum atomic E-state index is -3.65. The van der Waals surface area contributed by atoms with Gasteiger partial charge in [-0.15, -0.1) is 0 Å². The molecule has 0 aromatic carbocycles. The van der Waals surface area contributed by atoms with Crippen LogP contribution in [0.3, 0.4) is 0 Å². The Morgan fingerprint density at radius 1 is 1.00 bits per heavy atom. The summed E-state index contributed by atoms with van der Waals surface area (Å²) in [5.41, 5.74) is 0. The fourth-order valence-electron chi connectivity index (χ4n) is 0. The summed E-state index contributed by atoms with van der Waals surface area (Å²) in [6.07, 6.45) is 0.